The third-order valence-corrected chi connectivity index (χ3v) is 5.48. The number of pyridine rings is 1. The molecular formula is C21H21N7O3. The number of fused-ring (bicyclic) bond motifs is 1. The van der Waals surface area contributed by atoms with Crippen molar-refractivity contribution in [3.05, 3.63) is 49.1 Å². The molecule has 1 aliphatic carbocycles. The molecule has 0 bridgehead atoms. The van der Waals surface area contributed by atoms with Crippen molar-refractivity contribution in [2.75, 3.05) is 30.2 Å². The van der Waals surface area contributed by atoms with Crippen LogP contribution in [0.3, 0.4) is 0 Å². The molecule has 10 heteroatoms. The Hall–Kier alpha value is -3.79. The number of rotatable bonds is 7. The van der Waals surface area contributed by atoms with Crippen LogP contribution in [0.5, 0.6) is 0 Å². The molecule has 1 aliphatic heterocycles. The van der Waals surface area contributed by atoms with Crippen molar-refractivity contribution in [1.29, 1.82) is 0 Å². The van der Waals surface area contributed by atoms with Gasteiger partial charge in [-0.2, -0.15) is 4.98 Å². The Morgan fingerprint density at radius 2 is 2.03 bits per heavy atom. The van der Waals surface area contributed by atoms with Crippen LogP contribution in [0, 0.1) is 0 Å². The van der Waals surface area contributed by atoms with Gasteiger partial charge in [0.1, 0.15) is 11.8 Å². The van der Waals surface area contributed by atoms with Crippen molar-refractivity contribution >= 4 is 40.8 Å². The smallest absolute Gasteiger partial charge is 0.321 e. The number of piperidine rings is 1. The van der Waals surface area contributed by atoms with Crippen LogP contribution in [0.1, 0.15) is 12.8 Å². The number of allylic oxidation sites excluding steroid dienone is 4. The van der Waals surface area contributed by atoms with E-state index < -0.39 is 0 Å². The second-order valence-corrected chi connectivity index (χ2v) is 7.23. The van der Waals surface area contributed by atoms with E-state index in [0.717, 1.165) is 42.7 Å². The highest BCUT2D eigenvalue weighted by molar-refractivity contribution is 5.84. The first kappa shape index (κ1) is 19.2. The number of hydrogen-bond acceptors (Lipinski definition) is 9. The molecule has 3 aromatic rings. The fourth-order valence-corrected chi connectivity index (χ4v) is 3.73. The third kappa shape index (κ3) is 3.61. The Labute approximate surface area is 178 Å². The summed E-state index contributed by atoms with van der Waals surface area (Å²) >= 11 is 0. The topological polar surface area (TPSA) is 98.5 Å². The molecule has 1 saturated heterocycles. The minimum absolute atomic E-state index is 0.260. The zero-order valence-electron chi connectivity index (χ0n) is 17.0. The van der Waals surface area contributed by atoms with Gasteiger partial charge in [0, 0.05) is 44.2 Å². The Bertz CT molecular complexity index is 1160. The first-order valence-electron chi connectivity index (χ1n) is 10.00. The summed E-state index contributed by atoms with van der Waals surface area (Å²) in [5, 5.41) is 1.29. The second-order valence-electron chi connectivity index (χ2n) is 7.23. The predicted octanol–water partition coefficient (Wildman–Crippen LogP) is 2.47. The molecule has 4 heterocycles. The molecule has 0 radical (unpaired) electrons. The van der Waals surface area contributed by atoms with Gasteiger partial charge < -0.3 is 14.5 Å². The van der Waals surface area contributed by atoms with Crippen molar-refractivity contribution in [3.63, 3.8) is 0 Å². The molecular weight excluding hydrogens is 398 g/mol. The van der Waals surface area contributed by atoms with Crippen molar-refractivity contribution in [2.45, 2.75) is 18.9 Å². The third-order valence-electron chi connectivity index (χ3n) is 5.48. The van der Waals surface area contributed by atoms with Gasteiger partial charge in [-0.3, -0.25) is 9.36 Å². The van der Waals surface area contributed by atoms with E-state index in [1.165, 1.54) is 5.06 Å². The highest BCUT2D eigenvalue weighted by Gasteiger charge is 2.23. The highest BCUT2D eigenvalue weighted by Crippen LogP contribution is 2.28. The van der Waals surface area contributed by atoms with Gasteiger partial charge >= 0.3 is 6.47 Å². The summed E-state index contributed by atoms with van der Waals surface area (Å²) in [5.41, 5.74) is 2.60. The zero-order chi connectivity index (χ0) is 21.2. The molecule has 10 nitrogen and oxygen atoms in total. The van der Waals surface area contributed by atoms with Gasteiger partial charge in [0.15, 0.2) is 11.6 Å². The van der Waals surface area contributed by atoms with Gasteiger partial charge in [0.25, 0.3) is 0 Å². The van der Waals surface area contributed by atoms with Crippen LogP contribution in [0.2, 0.25) is 0 Å². The lowest BCUT2D eigenvalue weighted by molar-refractivity contribution is -0.128. The maximum atomic E-state index is 11.3. The summed E-state index contributed by atoms with van der Waals surface area (Å²) in [6.45, 7) is 1.94. The molecule has 0 N–H and O–H groups in total. The summed E-state index contributed by atoms with van der Waals surface area (Å²) in [4.78, 5) is 36.5. The highest BCUT2D eigenvalue weighted by atomic mass is 16.7. The van der Waals surface area contributed by atoms with Crippen molar-refractivity contribution < 1.29 is 14.4 Å². The molecule has 3 aromatic heterocycles. The molecule has 0 saturated carbocycles. The van der Waals surface area contributed by atoms with E-state index >= 15 is 0 Å². The number of hydrogen-bond donors (Lipinski definition) is 0. The molecule has 0 unspecified atom stereocenters. The quantitative estimate of drug-likeness (QED) is 0.422. The molecule has 0 spiro atoms. The standard InChI is InChI=1S/C21H21N7O3/c1-30-16-6-9-26(10-7-16)21-22-8-5-19(25-21)28(31-14-29)20-11-18-17(12-23-20)24-13-27(18)15-3-2-4-15/h2-5,8,11-14,16H,6-7,9-10H2,1H3. The lowest BCUT2D eigenvalue weighted by Gasteiger charge is -2.31. The van der Waals surface area contributed by atoms with Crippen molar-refractivity contribution in [1.82, 2.24) is 24.5 Å². The number of methoxy groups -OCH3 is 1. The fourth-order valence-electron chi connectivity index (χ4n) is 3.73. The minimum atomic E-state index is 0.260. The molecule has 0 amide bonds. The molecule has 158 valence electrons. The van der Waals surface area contributed by atoms with E-state index in [2.05, 4.69) is 24.8 Å². The van der Waals surface area contributed by atoms with Gasteiger partial charge in [-0.1, -0.05) is 6.08 Å². The van der Waals surface area contributed by atoms with Crippen LogP contribution in [-0.4, -0.2) is 57.3 Å². The average molecular weight is 419 g/mol. The van der Waals surface area contributed by atoms with E-state index in [0.29, 0.717) is 24.1 Å². The van der Waals surface area contributed by atoms with Gasteiger partial charge in [0.05, 0.1) is 17.8 Å². The van der Waals surface area contributed by atoms with Crippen LogP contribution in [0.15, 0.2) is 49.1 Å². The largest absolute Gasteiger partial charge is 0.381 e. The van der Waals surface area contributed by atoms with E-state index in [1.54, 1.807) is 31.9 Å². The van der Waals surface area contributed by atoms with Gasteiger partial charge in [-0.25, -0.2) is 15.0 Å². The lowest BCUT2D eigenvalue weighted by Crippen LogP contribution is -2.37. The van der Waals surface area contributed by atoms with Crippen LogP contribution in [0.25, 0.3) is 16.7 Å². The average Bonchev–Trinajstić information content (AvgIpc) is 3.19. The van der Waals surface area contributed by atoms with E-state index in [-0.39, 0.29) is 6.10 Å². The Balaban J connectivity index is 1.46. The zero-order valence-corrected chi connectivity index (χ0v) is 17.0. The number of anilines is 3. The normalized spacial score (nSPS) is 16.2. The van der Waals surface area contributed by atoms with E-state index in [1.807, 2.05) is 28.9 Å². The van der Waals surface area contributed by atoms with Crippen LogP contribution >= 0.6 is 0 Å². The molecule has 1 fully saturated rings. The Kier molecular flexibility index (Phi) is 5.04. The second kappa shape index (κ2) is 8.15. The first-order chi connectivity index (χ1) is 15.3. The summed E-state index contributed by atoms with van der Waals surface area (Å²) in [6.07, 6.45) is 13.0. The summed E-state index contributed by atoms with van der Waals surface area (Å²) in [5.74, 6) is 1.39. The number of imidazole rings is 1. The van der Waals surface area contributed by atoms with Crippen LogP contribution in [0.4, 0.5) is 17.6 Å². The molecule has 0 aromatic carbocycles. The van der Waals surface area contributed by atoms with E-state index in [9.17, 15) is 4.79 Å². The number of nitrogens with zero attached hydrogens (tertiary/aromatic N) is 7. The molecule has 5 rings (SSSR count). The fraction of sp³-hybridized carbons (Fsp3) is 0.286. The Morgan fingerprint density at radius 1 is 1.19 bits per heavy atom. The van der Waals surface area contributed by atoms with Crippen molar-refractivity contribution in [3.8, 4) is 0 Å². The SMILES string of the molecule is COC1CCN(c2nccc(N(OC=O)c3cc4c(cn3)ncn4C3=CC=C3)n2)CC1. The predicted molar refractivity (Wildman–Crippen MR) is 115 cm³/mol. The first-order valence-corrected chi connectivity index (χ1v) is 10.00. The summed E-state index contributed by atoms with van der Waals surface area (Å²) < 4.78 is 7.39. The maximum Gasteiger partial charge on any atom is 0.321 e. The van der Waals surface area contributed by atoms with E-state index in [4.69, 9.17) is 9.57 Å². The number of carbonyl (C=O) groups is 1. The van der Waals surface area contributed by atoms with Crippen LogP contribution < -0.4 is 9.96 Å². The number of carbonyl (C=O) groups excluding carboxylic acids is 1. The van der Waals surface area contributed by atoms with Crippen LogP contribution in [-0.2, 0) is 14.4 Å². The minimum Gasteiger partial charge on any atom is -0.381 e. The molecule has 31 heavy (non-hydrogen) atoms. The van der Waals surface area contributed by atoms with Crippen molar-refractivity contribution in [2.24, 2.45) is 0 Å². The summed E-state index contributed by atoms with van der Waals surface area (Å²) in [6, 6.07) is 3.49. The number of aromatic nitrogens is 5. The maximum absolute atomic E-state index is 11.3. The molecule has 0 atom stereocenters. The number of ether oxygens (including phenoxy) is 1. The van der Waals surface area contributed by atoms with Gasteiger partial charge in [0.2, 0.25) is 5.95 Å². The van der Waals surface area contributed by atoms with Gasteiger partial charge in [-0.15, -0.1) is 5.06 Å². The Morgan fingerprint density at radius 3 is 2.74 bits per heavy atom. The molecule has 2 aliphatic rings. The summed E-state index contributed by atoms with van der Waals surface area (Å²) in [7, 11) is 1.74. The monoisotopic (exact) mass is 419 g/mol. The lowest BCUT2D eigenvalue weighted by atomic mass is 10.1. The van der Waals surface area contributed by atoms with Gasteiger partial charge in [-0.05, 0) is 25.0 Å².